The molecule has 1 aliphatic rings. The monoisotopic (exact) mass is 423 g/mol. The number of para-hydroxylation sites is 1. The normalized spacial score (nSPS) is 15.0. The van der Waals surface area contributed by atoms with Crippen molar-refractivity contribution in [3.8, 4) is 5.75 Å². The van der Waals surface area contributed by atoms with Crippen molar-refractivity contribution in [3.63, 3.8) is 0 Å². The number of methoxy groups -OCH3 is 1. The van der Waals surface area contributed by atoms with Gasteiger partial charge >= 0.3 is 0 Å². The number of carbonyl (C=O) groups is 2. The predicted molar refractivity (Wildman–Crippen MR) is 103 cm³/mol. The Bertz CT molecular complexity index is 772. The maximum atomic E-state index is 12.0. The highest BCUT2D eigenvalue weighted by Gasteiger charge is 2.29. The van der Waals surface area contributed by atoms with E-state index in [0.717, 1.165) is 17.3 Å². The minimum atomic E-state index is -0.487. The van der Waals surface area contributed by atoms with Crippen LogP contribution >= 0.6 is 15.9 Å². The van der Waals surface area contributed by atoms with E-state index in [2.05, 4.69) is 31.9 Å². The van der Waals surface area contributed by atoms with Gasteiger partial charge in [0.05, 0.1) is 23.0 Å². The van der Waals surface area contributed by atoms with E-state index in [9.17, 15) is 9.59 Å². The lowest BCUT2D eigenvalue weighted by molar-refractivity contribution is -0.121. The minimum Gasteiger partial charge on any atom is -0.493 e. The zero-order valence-corrected chi connectivity index (χ0v) is 16.1. The quantitative estimate of drug-likeness (QED) is 0.329. The van der Waals surface area contributed by atoms with Crippen LogP contribution in [-0.2, 0) is 9.59 Å². The van der Waals surface area contributed by atoms with Gasteiger partial charge in [0.25, 0.3) is 5.91 Å². The minimum absolute atomic E-state index is 0.00352. The van der Waals surface area contributed by atoms with Gasteiger partial charge in [-0.25, -0.2) is 0 Å². The predicted octanol–water partition coefficient (Wildman–Crippen LogP) is 1.11. The van der Waals surface area contributed by atoms with Crippen LogP contribution in [0.25, 0.3) is 0 Å². The van der Waals surface area contributed by atoms with E-state index in [1.807, 2.05) is 6.07 Å². The number of carbonyl (C=O) groups excluding carboxylic acids is 2. The van der Waals surface area contributed by atoms with Crippen LogP contribution in [0.3, 0.4) is 0 Å². The van der Waals surface area contributed by atoms with E-state index in [0.29, 0.717) is 11.4 Å². The van der Waals surface area contributed by atoms with Gasteiger partial charge in [0, 0.05) is 19.0 Å². The first-order valence-corrected chi connectivity index (χ1v) is 8.76. The average Bonchev–Trinajstić information content (AvgIpc) is 3.45. The van der Waals surface area contributed by atoms with Crippen LogP contribution < -0.4 is 32.2 Å². The van der Waals surface area contributed by atoms with E-state index in [-0.39, 0.29) is 29.0 Å². The summed E-state index contributed by atoms with van der Waals surface area (Å²) < 4.78 is 6.08. The molecule has 0 atom stereocenters. The standard InChI is InChI=1S/C17H22BrN5O3/c1-21-17(25)14(20)12(8-13(19)23-16(24)9-6-7-9)22-11-5-3-4-10(18)15(11)26-2/h3-5,8-9,22H,6-7,19-20H2,1-2H3,(H,21,25)(H,23,24)/b13-8+,14-12+. The molecule has 8 nitrogen and oxygen atoms in total. The molecule has 1 fully saturated rings. The van der Waals surface area contributed by atoms with Gasteiger partial charge in [-0.2, -0.15) is 0 Å². The maximum Gasteiger partial charge on any atom is 0.269 e. The van der Waals surface area contributed by atoms with Crippen LogP contribution in [0.4, 0.5) is 5.69 Å². The zero-order valence-electron chi connectivity index (χ0n) is 14.6. The Labute approximate surface area is 160 Å². The van der Waals surface area contributed by atoms with E-state index in [1.165, 1.54) is 20.2 Å². The van der Waals surface area contributed by atoms with Crippen LogP contribution in [0.2, 0.25) is 0 Å². The average molecular weight is 424 g/mol. The molecule has 0 aromatic heterocycles. The molecule has 140 valence electrons. The first kappa shape index (κ1) is 19.6. The third-order valence-electron chi connectivity index (χ3n) is 3.72. The number of benzene rings is 1. The molecule has 0 radical (unpaired) electrons. The fourth-order valence-corrected chi connectivity index (χ4v) is 2.71. The van der Waals surface area contributed by atoms with Crippen LogP contribution in [0.1, 0.15) is 12.8 Å². The Kier molecular flexibility index (Phi) is 6.51. The highest BCUT2D eigenvalue weighted by molar-refractivity contribution is 9.10. The first-order valence-electron chi connectivity index (χ1n) is 7.96. The van der Waals surface area contributed by atoms with Gasteiger partial charge in [0.2, 0.25) is 5.91 Å². The van der Waals surface area contributed by atoms with Crippen LogP contribution in [0.5, 0.6) is 5.75 Å². The molecule has 7 N–H and O–H groups in total. The Morgan fingerprint density at radius 1 is 1.31 bits per heavy atom. The third-order valence-corrected chi connectivity index (χ3v) is 4.34. The Hall–Kier alpha value is -2.68. The number of anilines is 1. The van der Waals surface area contributed by atoms with Crippen molar-refractivity contribution in [2.45, 2.75) is 12.8 Å². The molecular weight excluding hydrogens is 402 g/mol. The smallest absolute Gasteiger partial charge is 0.269 e. The summed E-state index contributed by atoms with van der Waals surface area (Å²) in [6, 6.07) is 5.37. The molecule has 2 rings (SSSR count). The van der Waals surface area contributed by atoms with Gasteiger partial charge in [0.15, 0.2) is 5.75 Å². The number of hydrogen-bond donors (Lipinski definition) is 5. The number of halogens is 1. The molecule has 1 aliphatic carbocycles. The van der Waals surface area contributed by atoms with E-state index in [4.69, 9.17) is 16.2 Å². The van der Waals surface area contributed by atoms with E-state index < -0.39 is 5.91 Å². The summed E-state index contributed by atoms with van der Waals surface area (Å²) in [6.07, 6.45) is 3.12. The van der Waals surface area contributed by atoms with E-state index in [1.54, 1.807) is 12.1 Å². The Balaban J connectivity index is 2.34. The summed E-state index contributed by atoms with van der Waals surface area (Å²) in [4.78, 5) is 23.8. The second-order valence-electron chi connectivity index (χ2n) is 5.72. The maximum absolute atomic E-state index is 12.0. The van der Waals surface area contributed by atoms with Crippen molar-refractivity contribution in [2.75, 3.05) is 19.5 Å². The van der Waals surface area contributed by atoms with Gasteiger partial charge in [-0.05, 0) is 40.9 Å². The van der Waals surface area contributed by atoms with Crippen molar-refractivity contribution in [3.05, 3.63) is 46.0 Å². The van der Waals surface area contributed by atoms with Crippen LogP contribution in [-0.4, -0.2) is 26.0 Å². The topological polar surface area (TPSA) is 132 Å². The van der Waals surface area contributed by atoms with Gasteiger partial charge < -0.3 is 32.2 Å². The number of hydrogen-bond acceptors (Lipinski definition) is 6. The molecule has 0 aliphatic heterocycles. The molecular formula is C17H22BrN5O3. The lowest BCUT2D eigenvalue weighted by Gasteiger charge is -2.16. The summed E-state index contributed by atoms with van der Waals surface area (Å²) in [5, 5.41) is 8.10. The molecule has 26 heavy (non-hydrogen) atoms. The third kappa shape index (κ3) is 4.92. The van der Waals surface area contributed by atoms with Crippen molar-refractivity contribution in [1.82, 2.24) is 10.6 Å². The summed E-state index contributed by atoms with van der Waals surface area (Å²) in [5.41, 5.74) is 12.6. The second-order valence-corrected chi connectivity index (χ2v) is 6.57. The number of nitrogens with two attached hydrogens (primary N) is 2. The molecule has 1 aromatic rings. The number of rotatable bonds is 7. The Morgan fingerprint density at radius 3 is 2.58 bits per heavy atom. The highest BCUT2D eigenvalue weighted by Crippen LogP contribution is 2.34. The van der Waals surface area contributed by atoms with Gasteiger partial charge in [0.1, 0.15) is 11.5 Å². The molecule has 1 saturated carbocycles. The van der Waals surface area contributed by atoms with Crippen molar-refractivity contribution in [2.24, 2.45) is 17.4 Å². The second kappa shape index (κ2) is 8.61. The van der Waals surface area contributed by atoms with Gasteiger partial charge in [-0.1, -0.05) is 6.07 Å². The molecule has 0 spiro atoms. The summed E-state index contributed by atoms with van der Waals surface area (Å²) in [5.74, 6) is -0.00612. The number of nitrogens with one attached hydrogen (secondary N) is 3. The number of ether oxygens (including phenoxy) is 1. The molecule has 0 bridgehead atoms. The van der Waals surface area contributed by atoms with E-state index >= 15 is 0 Å². The SMILES string of the molecule is CNC(=O)/C(N)=C(/C=C(\N)NC(=O)C1CC1)Nc1cccc(Br)c1OC. The zero-order chi connectivity index (χ0) is 19.3. The number of allylic oxidation sites excluding steroid dienone is 1. The highest BCUT2D eigenvalue weighted by atomic mass is 79.9. The molecule has 2 amide bonds. The molecule has 9 heteroatoms. The molecule has 0 saturated heterocycles. The van der Waals surface area contributed by atoms with Gasteiger partial charge in [-0.15, -0.1) is 0 Å². The molecule has 0 unspecified atom stereocenters. The summed E-state index contributed by atoms with van der Waals surface area (Å²) in [7, 11) is 2.99. The molecule has 0 heterocycles. The van der Waals surface area contributed by atoms with Crippen LogP contribution in [0, 0.1) is 5.92 Å². The van der Waals surface area contributed by atoms with Crippen molar-refractivity contribution >= 4 is 33.4 Å². The van der Waals surface area contributed by atoms with Crippen LogP contribution in [0.15, 0.2) is 46.0 Å². The number of amides is 2. The van der Waals surface area contributed by atoms with Crippen molar-refractivity contribution in [1.29, 1.82) is 0 Å². The largest absolute Gasteiger partial charge is 0.493 e. The van der Waals surface area contributed by atoms with Crippen molar-refractivity contribution < 1.29 is 14.3 Å². The number of likely N-dealkylation sites (N-methyl/N-ethyl adjacent to an activating group) is 1. The Morgan fingerprint density at radius 2 is 2.00 bits per heavy atom. The van der Waals surface area contributed by atoms with Gasteiger partial charge in [-0.3, -0.25) is 9.59 Å². The fourth-order valence-electron chi connectivity index (χ4n) is 2.18. The lowest BCUT2D eigenvalue weighted by atomic mass is 10.2. The molecule has 1 aromatic carbocycles. The lowest BCUT2D eigenvalue weighted by Crippen LogP contribution is -2.31. The summed E-state index contributed by atoms with van der Waals surface area (Å²) >= 11 is 3.39. The fraction of sp³-hybridized carbons (Fsp3) is 0.294. The summed E-state index contributed by atoms with van der Waals surface area (Å²) in [6.45, 7) is 0. The first-order chi connectivity index (χ1) is 12.4.